The van der Waals surface area contributed by atoms with E-state index in [1.165, 1.54) is 0 Å². The highest BCUT2D eigenvalue weighted by molar-refractivity contribution is 7.91. The van der Waals surface area contributed by atoms with Crippen molar-refractivity contribution in [3.05, 3.63) is 42.4 Å². The van der Waals surface area contributed by atoms with Gasteiger partial charge in [0.15, 0.2) is 11.6 Å². The molecule has 0 saturated heterocycles. The molecule has 3 aromatic rings. The van der Waals surface area contributed by atoms with Gasteiger partial charge in [-0.1, -0.05) is 12.1 Å². The number of hydrogen-bond acceptors (Lipinski definition) is 7. The lowest BCUT2D eigenvalue weighted by atomic mass is 9.39. The number of anilines is 1. The van der Waals surface area contributed by atoms with Crippen LogP contribution in [-0.2, 0) is 17.6 Å². The molecular weight excluding hydrogens is 388 g/mol. The number of aromatic nitrogens is 3. The average Bonchev–Trinajstić information content (AvgIpc) is 3.34. The third-order valence-corrected chi connectivity index (χ3v) is 7.83. The summed E-state index contributed by atoms with van der Waals surface area (Å²) in [6, 6.07) is 7.79. The molecule has 3 saturated carbocycles. The van der Waals surface area contributed by atoms with Crippen LogP contribution in [0, 0.1) is 5.41 Å². The number of nitrogens with zero attached hydrogens (tertiary/aromatic N) is 3. The Kier molecular flexibility index (Phi) is 3.63. The molecule has 0 radical (unpaired) electrons. The summed E-state index contributed by atoms with van der Waals surface area (Å²) in [5.74, 6) is 2.50. The van der Waals surface area contributed by atoms with Crippen molar-refractivity contribution in [2.75, 3.05) is 17.7 Å². The summed E-state index contributed by atoms with van der Waals surface area (Å²) < 4.78 is 17.9. The fraction of sp³-hybridized carbons (Fsp3) is 0.381. The van der Waals surface area contributed by atoms with E-state index in [2.05, 4.69) is 10.3 Å². The van der Waals surface area contributed by atoms with Gasteiger partial charge in [0.1, 0.15) is 17.7 Å². The minimum absolute atomic E-state index is 0.0102. The van der Waals surface area contributed by atoms with Gasteiger partial charge in [0.05, 0.1) is 6.20 Å². The van der Waals surface area contributed by atoms with Crippen LogP contribution >= 0.6 is 0 Å². The van der Waals surface area contributed by atoms with E-state index in [1.807, 2.05) is 24.3 Å². The second-order valence-electron chi connectivity index (χ2n) is 8.48. The Balaban J connectivity index is 1.34. The van der Waals surface area contributed by atoms with Gasteiger partial charge in [-0.25, -0.2) is 15.0 Å². The standard InChI is InChI=1S/C21H20N4O3S/c26-12-20-9-21(10-20,11-20)25-18-16-15(5-8-29(16)27)23-17(24-18)13-1-3-14(4-2-13)19-22-6-7-28-19/h1-4,6-7,26H,5,8-12H2,(H,23,24,25)/t20?,21?,29-/m1/s1. The fourth-order valence-corrected chi connectivity index (χ4v) is 6.39. The number of nitrogens with one attached hydrogen (secondary N) is 1. The van der Waals surface area contributed by atoms with Crippen LogP contribution in [0.1, 0.15) is 25.0 Å². The summed E-state index contributed by atoms with van der Waals surface area (Å²) in [6.07, 6.45) is 6.72. The normalized spacial score (nSPS) is 29.1. The Labute approximate surface area is 170 Å². The van der Waals surface area contributed by atoms with Crippen LogP contribution in [-0.4, -0.2) is 42.5 Å². The van der Waals surface area contributed by atoms with Crippen molar-refractivity contribution in [3.8, 4) is 22.8 Å². The summed E-state index contributed by atoms with van der Waals surface area (Å²) in [5.41, 5.74) is 2.75. The lowest BCUT2D eigenvalue weighted by Crippen LogP contribution is -2.72. The molecule has 2 aromatic heterocycles. The Bertz CT molecular complexity index is 1060. The number of hydrogen-bond donors (Lipinski definition) is 2. The number of aliphatic hydroxyl groups is 1. The maximum absolute atomic E-state index is 12.6. The summed E-state index contributed by atoms with van der Waals surface area (Å²) in [6.45, 7) is 0.242. The fourth-order valence-electron chi connectivity index (χ4n) is 5.09. The number of oxazole rings is 1. The molecule has 0 amide bonds. The van der Waals surface area contributed by atoms with Crippen molar-refractivity contribution in [1.82, 2.24) is 15.0 Å². The molecule has 8 heteroatoms. The van der Waals surface area contributed by atoms with Gasteiger partial charge in [-0.15, -0.1) is 0 Å². The van der Waals surface area contributed by atoms with E-state index in [1.54, 1.807) is 12.5 Å². The zero-order valence-electron chi connectivity index (χ0n) is 15.7. The van der Waals surface area contributed by atoms with Crippen LogP contribution in [0.5, 0.6) is 0 Å². The largest absolute Gasteiger partial charge is 0.611 e. The Morgan fingerprint density at radius 2 is 1.90 bits per heavy atom. The van der Waals surface area contributed by atoms with E-state index in [-0.39, 0.29) is 17.6 Å². The monoisotopic (exact) mass is 408 g/mol. The van der Waals surface area contributed by atoms with Crippen molar-refractivity contribution >= 4 is 17.0 Å². The van der Waals surface area contributed by atoms with Crippen molar-refractivity contribution in [2.24, 2.45) is 5.41 Å². The van der Waals surface area contributed by atoms with Crippen LogP contribution in [0.3, 0.4) is 0 Å². The predicted molar refractivity (Wildman–Crippen MR) is 108 cm³/mol. The molecule has 7 nitrogen and oxygen atoms in total. The first-order chi connectivity index (χ1) is 14.1. The van der Waals surface area contributed by atoms with Crippen LogP contribution in [0.4, 0.5) is 5.82 Å². The van der Waals surface area contributed by atoms with Gasteiger partial charge in [-0.05, 0) is 42.6 Å². The first-order valence-corrected chi connectivity index (χ1v) is 11.1. The van der Waals surface area contributed by atoms with Gasteiger partial charge >= 0.3 is 0 Å². The van der Waals surface area contributed by atoms with E-state index in [0.29, 0.717) is 29.7 Å². The summed E-state index contributed by atoms with van der Waals surface area (Å²) >= 11 is -1.06. The van der Waals surface area contributed by atoms with Crippen LogP contribution in [0.15, 0.2) is 46.0 Å². The van der Waals surface area contributed by atoms with Crippen molar-refractivity contribution in [3.63, 3.8) is 0 Å². The van der Waals surface area contributed by atoms with E-state index in [0.717, 1.165) is 41.0 Å². The minimum Gasteiger partial charge on any atom is -0.611 e. The van der Waals surface area contributed by atoms with Gasteiger partial charge in [0.25, 0.3) is 0 Å². The molecule has 0 unspecified atom stereocenters. The second kappa shape index (κ2) is 6.04. The molecule has 3 fully saturated rings. The predicted octanol–water partition coefficient (Wildman–Crippen LogP) is 2.79. The van der Waals surface area contributed by atoms with Crippen LogP contribution < -0.4 is 5.32 Å². The lowest BCUT2D eigenvalue weighted by Gasteiger charge is -2.70. The molecule has 1 aromatic carbocycles. The quantitative estimate of drug-likeness (QED) is 0.625. The first-order valence-electron chi connectivity index (χ1n) is 9.77. The highest BCUT2D eigenvalue weighted by Crippen LogP contribution is 2.68. The molecule has 1 atom stereocenters. The van der Waals surface area contributed by atoms with Crippen molar-refractivity contribution in [1.29, 1.82) is 0 Å². The number of benzene rings is 1. The van der Waals surface area contributed by atoms with Gasteiger partial charge in [-0.2, -0.15) is 0 Å². The molecule has 29 heavy (non-hydrogen) atoms. The number of aryl methyl sites for hydroxylation is 1. The zero-order chi connectivity index (χ0) is 19.6. The highest BCUT2D eigenvalue weighted by Gasteiger charge is 2.68. The second-order valence-corrected chi connectivity index (χ2v) is 9.99. The highest BCUT2D eigenvalue weighted by atomic mass is 32.2. The molecule has 2 bridgehead atoms. The van der Waals surface area contributed by atoms with Gasteiger partial charge in [0, 0.05) is 35.1 Å². The minimum atomic E-state index is -1.06. The summed E-state index contributed by atoms with van der Waals surface area (Å²) in [5, 5.41) is 13.1. The third kappa shape index (κ3) is 2.63. The van der Waals surface area contributed by atoms with Crippen LogP contribution in [0.2, 0.25) is 0 Å². The number of rotatable bonds is 5. The van der Waals surface area contributed by atoms with E-state index in [4.69, 9.17) is 14.4 Å². The Morgan fingerprint density at radius 1 is 1.14 bits per heavy atom. The van der Waals surface area contributed by atoms with Crippen molar-refractivity contribution in [2.45, 2.75) is 36.1 Å². The zero-order valence-corrected chi connectivity index (χ0v) is 16.5. The number of fused-ring (bicyclic) bond motifs is 1. The first kappa shape index (κ1) is 17.4. The van der Waals surface area contributed by atoms with Gasteiger partial charge in [-0.3, -0.25) is 0 Å². The maximum Gasteiger partial charge on any atom is 0.225 e. The van der Waals surface area contributed by atoms with E-state index < -0.39 is 11.2 Å². The molecule has 3 aliphatic carbocycles. The number of aliphatic hydroxyl groups excluding tert-OH is 1. The van der Waals surface area contributed by atoms with E-state index >= 15 is 0 Å². The molecule has 7 rings (SSSR count). The maximum atomic E-state index is 12.6. The van der Waals surface area contributed by atoms with Crippen LogP contribution in [0.25, 0.3) is 22.8 Å². The van der Waals surface area contributed by atoms with E-state index in [9.17, 15) is 9.66 Å². The topological polar surface area (TPSA) is 107 Å². The third-order valence-electron chi connectivity index (χ3n) is 6.37. The summed E-state index contributed by atoms with van der Waals surface area (Å²) in [7, 11) is 0. The molecule has 4 aliphatic rings. The molecule has 148 valence electrons. The molecule has 0 spiro atoms. The average molecular weight is 408 g/mol. The smallest absolute Gasteiger partial charge is 0.225 e. The molecule has 3 heterocycles. The lowest BCUT2D eigenvalue weighted by molar-refractivity contribution is -0.146. The van der Waals surface area contributed by atoms with Gasteiger partial charge < -0.3 is 19.4 Å². The van der Waals surface area contributed by atoms with Crippen molar-refractivity contribution < 1.29 is 14.1 Å². The SMILES string of the molecule is [O-][S@+]1CCc2nc(-c3ccc(-c4ncco4)cc3)nc(NC34CC(CO)(C3)C4)c21. The Morgan fingerprint density at radius 3 is 2.59 bits per heavy atom. The Hall–Kier alpha value is -2.42. The molecule has 1 aliphatic heterocycles. The molecule has 2 N–H and O–H groups in total. The molecular formula is C21H20N4O3S. The summed E-state index contributed by atoms with van der Waals surface area (Å²) in [4.78, 5) is 14.4. The van der Waals surface area contributed by atoms with Gasteiger partial charge in [0.2, 0.25) is 10.8 Å².